The predicted octanol–water partition coefficient (Wildman–Crippen LogP) is 1.39. The number of likely N-dealkylation sites (tertiary alicyclic amines) is 1. The molecule has 6 nitrogen and oxygen atoms in total. The predicted molar refractivity (Wildman–Crippen MR) is 73.9 cm³/mol. The third kappa shape index (κ3) is 3.70. The number of rotatable bonds is 6. The summed E-state index contributed by atoms with van der Waals surface area (Å²) < 4.78 is 11.0. The van der Waals surface area contributed by atoms with Crippen molar-refractivity contribution in [1.82, 2.24) is 14.9 Å². The third-order valence-corrected chi connectivity index (χ3v) is 3.31. The first kappa shape index (κ1) is 13.9. The molecule has 0 unspecified atom stereocenters. The Labute approximate surface area is 114 Å². The molecule has 1 aliphatic rings. The van der Waals surface area contributed by atoms with Crippen LogP contribution in [0.25, 0.3) is 0 Å². The topological polar surface area (TPSA) is 59.5 Å². The minimum absolute atomic E-state index is 0.499. The second-order valence-electron chi connectivity index (χ2n) is 4.56. The Kier molecular flexibility index (Phi) is 5.20. The largest absolute Gasteiger partial charge is 0.489 e. The SMILES string of the molecule is CNc1ncnc(OCCN2CCCCC2)c1OC. The number of nitrogens with zero attached hydrogens (tertiary/aromatic N) is 3. The van der Waals surface area contributed by atoms with Crippen LogP contribution < -0.4 is 14.8 Å². The molecule has 0 radical (unpaired) electrons. The van der Waals surface area contributed by atoms with Gasteiger partial charge in [-0.1, -0.05) is 6.42 Å². The van der Waals surface area contributed by atoms with Crippen LogP contribution in [0.5, 0.6) is 11.6 Å². The second kappa shape index (κ2) is 7.13. The Morgan fingerprint density at radius 1 is 1.26 bits per heavy atom. The molecule has 0 bridgehead atoms. The molecule has 19 heavy (non-hydrogen) atoms. The van der Waals surface area contributed by atoms with Gasteiger partial charge in [-0.3, -0.25) is 4.90 Å². The molecule has 0 atom stereocenters. The van der Waals surface area contributed by atoms with Gasteiger partial charge in [0.15, 0.2) is 5.82 Å². The molecule has 0 amide bonds. The molecule has 1 fully saturated rings. The quantitative estimate of drug-likeness (QED) is 0.839. The summed E-state index contributed by atoms with van der Waals surface area (Å²) in [5.74, 6) is 1.70. The van der Waals surface area contributed by atoms with Crippen molar-refractivity contribution in [2.24, 2.45) is 0 Å². The fourth-order valence-electron chi connectivity index (χ4n) is 2.28. The van der Waals surface area contributed by atoms with E-state index in [4.69, 9.17) is 9.47 Å². The van der Waals surface area contributed by atoms with E-state index in [2.05, 4.69) is 20.2 Å². The fourth-order valence-corrected chi connectivity index (χ4v) is 2.28. The number of hydrogen-bond donors (Lipinski definition) is 1. The van der Waals surface area contributed by atoms with Gasteiger partial charge in [0.1, 0.15) is 12.9 Å². The molecule has 1 aromatic heterocycles. The fraction of sp³-hybridized carbons (Fsp3) is 0.692. The smallest absolute Gasteiger partial charge is 0.262 e. The zero-order valence-electron chi connectivity index (χ0n) is 11.7. The van der Waals surface area contributed by atoms with E-state index in [1.165, 1.54) is 38.7 Å². The van der Waals surface area contributed by atoms with Crippen molar-refractivity contribution >= 4 is 5.82 Å². The average molecular weight is 266 g/mol. The van der Waals surface area contributed by atoms with Gasteiger partial charge in [-0.05, 0) is 25.9 Å². The molecule has 106 valence electrons. The lowest BCUT2D eigenvalue weighted by atomic mass is 10.1. The van der Waals surface area contributed by atoms with Gasteiger partial charge in [-0.25, -0.2) is 4.98 Å². The highest BCUT2D eigenvalue weighted by Gasteiger charge is 2.14. The highest BCUT2D eigenvalue weighted by atomic mass is 16.5. The maximum Gasteiger partial charge on any atom is 0.262 e. The van der Waals surface area contributed by atoms with Gasteiger partial charge in [0, 0.05) is 13.6 Å². The van der Waals surface area contributed by atoms with E-state index in [1.807, 2.05) is 0 Å². The number of nitrogens with one attached hydrogen (secondary N) is 1. The molecule has 1 aliphatic heterocycles. The summed E-state index contributed by atoms with van der Waals surface area (Å²) in [4.78, 5) is 10.6. The molecule has 1 saturated heterocycles. The number of methoxy groups -OCH3 is 1. The lowest BCUT2D eigenvalue weighted by Crippen LogP contribution is -2.33. The van der Waals surface area contributed by atoms with Gasteiger partial charge < -0.3 is 14.8 Å². The molecule has 6 heteroatoms. The molecular formula is C13H22N4O2. The Hall–Kier alpha value is -1.56. The minimum Gasteiger partial charge on any atom is -0.489 e. The van der Waals surface area contributed by atoms with Gasteiger partial charge in [0.05, 0.1) is 7.11 Å². The number of hydrogen-bond acceptors (Lipinski definition) is 6. The number of ether oxygens (including phenoxy) is 2. The standard InChI is InChI=1S/C13H22N4O2/c1-14-12-11(18-2)13(16-10-15-12)19-9-8-17-6-4-3-5-7-17/h10H,3-9H2,1-2H3,(H,14,15,16). The summed E-state index contributed by atoms with van der Waals surface area (Å²) >= 11 is 0. The molecule has 1 aromatic rings. The summed E-state index contributed by atoms with van der Waals surface area (Å²) in [5.41, 5.74) is 0. The van der Waals surface area contributed by atoms with Crippen molar-refractivity contribution < 1.29 is 9.47 Å². The average Bonchev–Trinajstić information content (AvgIpc) is 2.48. The summed E-state index contributed by atoms with van der Waals surface area (Å²) in [6.45, 7) is 3.90. The van der Waals surface area contributed by atoms with Crippen LogP contribution in [0.1, 0.15) is 19.3 Å². The van der Waals surface area contributed by atoms with Crippen molar-refractivity contribution in [3.05, 3.63) is 6.33 Å². The highest BCUT2D eigenvalue weighted by molar-refractivity contribution is 5.54. The van der Waals surface area contributed by atoms with Gasteiger partial charge in [-0.2, -0.15) is 4.98 Å². The third-order valence-electron chi connectivity index (χ3n) is 3.31. The van der Waals surface area contributed by atoms with Crippen molar-refractivity contribution in [3.8, 4) is 11.6 Å². The summed E-state index contributed by atoms with van der Waals surface area (Å²) in [5, 5.41) is 2.96. The Balaban J connectivity index is 1.88. The molecule has 0 saturated carbocycles. The van der Waals surface area contributed by atoms with Gasteiger partial charge in [0.25, 0.3) is 5.88 Å². The summed E-state index contributed by atoms with van der Waals surface area (Å²) in [6.07, 6.45) is 5.41. The number of anilines is 1. The first-order chi connectivity index (χ1) is 9.35. The first-order valence-electron chi connectivity index (χ1n) is 6.77. The van der Waals surface area contributed by atoms with Gasteiger partial charge in [0.2, 0.25) is 5.75 Å². The lowest BCUT2D eigenvalue weighted by Gasteiger charge is -2.26. The van der Waals surface area contributed by atoms with E-state index in [9.17, 15) is 0 Å². The van der Waals surface area contributed by atoms with Gasteiger partial charge >= 0.3 is 0 Å². The van der Waals surface area contributed by atoms with E-state index >= 15 is 0 Å². The lowest BCUT2D eigenvalue weighted by molar-refractivity contribution is 0.177. The Morgan fingerprint density at radius 2 is 2.05 bits per heavy atom. The zero-order valence-corrected chi connectivity index (χ0v) is 11.7. The normalized spacial score (nSPS) is 16.1. The number of aromatic nitrogens is 2. The number of piperidine rings is 1. The van der Waals surface area contributed by atoms with Crippen molar-refractivity contribution in [3.63, 3.8) is 0 Å². The van der Waals surface area contributed by atoms with Crippen LogP contribution in [0.15, 0.2) is 6.33 Å². The van der Waals surface area contributed by atoms with Crippen molar-refractivity contribution in [2.45, 2.75) is 19.3 Å². The zero-order chi connectivity index (χ0) is 13.5. The van der Waals surface area contributed by atoms with Gasteiger partial charge in [-0.15, -0.1) is 0 Å². The van der Waals surface area contributed by atoms with Crippen LogP contribution in [-0.2, 0) is 0 Å². The van der Waals surface area contributed by atoms with Crippen LogP contribution in [0, 0.1) is 0 Å². The van der Waals surface area contributed by atoms with Crippen LogP contribution >= 0.6 is 0 Å². The summed E-state index contributed by atoms with van der Waals surface area (Å²) in [6, 6.07) is 0. The van der Waals surface area contributed by atoms with E-state index in [0.29, 0.717) is 24.1 Å². The monoisotopic (exact) mass is 266 g/mol. The molecular weight excluding hydrogens is 244 g/mol. The Bertz CT molecular complexity index is 394. The van der Waals surface area contributed by atoms with Crippen LogP contribution in [0.4, 0.5) is 5.82 Å². The first-order valence-corrected chi connectivity index (χ1v) is 6.77. The molecule has 0 aliphatic carbocycles. The minimum atomic E-state index is 0.499. The maximum absolute atomic E-state index is 5.72. The summed E-state index contributed by atoms with van der Waals surface area (Å²) in [7, 11) is 3.39. The molecule has 1 N–H and O–H groups in total. The van der Waals surface area contributed by atoms with E-state index in [1.54, 1.807) is 14.2 Å². The molecule has 0 spiro atoms. The Morgan fingerprint density at radius 3 is 2.74 bits per heavy atom. The molecule has 2 heterocycles. The van der Waals surface area contributed by atoms with Crippen LogP contribution in [0.2, 0.25) is 0 Å². The van der Waals surface area contributed by atoms with Crippen molar-refractivity contribution in [2.75, 3.05) is 45.7 Å². The van der Waals surface area contributed by atoms with E-state index in [0.717, 1.165) is 6.54 Å². The molecule has 2 rings (SSSR count). The van der Waals surface area contributed by atoms with E-state index in [-0.39, 0.29) is 0 Å². The van der Waals surface area contributed by atoms with Crippen LogP contribution in [-0.4, -0.2) is 55.3 Å². The maximum atomic E-state index is 5.72. The second-order valence-corrected chi connectivity index (χ2v) is 4.56. The highest BCUT2D eigenvalue weighted by Crippen LogP contribution is 2.30. The molecule has 0 aromatic carbocycles. The van der Waals surface area contributed by atoms with E-state index < -0.39 is 0 Å². The van der Waals surface area contributed by atoms with Crippen LogP contribution in [0.3, 0.4) is 0 Å². The van der Waals surface area contributed by atoms with Crippen molar-refractivity contribution in [1.29, 1.82) is 0 Å².